The Balaban J connectivity index is 1.87. The number of likely N-dealkylation sites (tertiary alicyclic amines) is 1. The molecule has 0 saturated carbocycles. The second-order valence-electron chi connectivity index (χ2n) is 5.22. The molecule has 3 heteroatoms. The summed E-state index contributed by atoms with van der Waals surface area (Å²) in [6.07, 6.45) is 2.62. The maximum absolute atomic E-state index is 12.1. The van der Waals surface area contributed by atoms with E-state index in [0.717, 1.165) is 38.0 Å². The lowest BCUT2D eigenvalue weighted by Crippen LogP contribution is -2.40. The third kappa shape index (κ3) is 3.33. The fourth-order valence-corrected chi connectivity index (χ4v) is 2.41. The molecule has 98 valence electrons. The van der Waals surface area contributed by atoms with Gasteiger partial charge in [-0.25, -0.2) is 0 Å². The summed E-state index contributed by atoms with van der Waals surface area (Å²) in [4.78, 5) is 14.1. The van der Waals surface area contributed by atoms with E-state index < -0.39 is 0 Å². The van der Waals surface area contributed by atoms with Crippen LogP contribution in [-0.4, -0.2) is 30.4 Å². The average molecular weight is 246 g/mol. The van der Waals surface area contributed by atoms with Crippen LogP contribution in [0.4, 0.5) is 0 Å². The molecule has 0 aromatic heterocycles. The number of nitrogens with zero attached hydrogens (tertiary/aromatic N) is 1. The van der Waals surface area contributed by atoms with Crippen LogP contribution in [0.3, 0.4) is 0 Å². The Morgan fingerprint density at radius 2 is 1.89 bits per heavy atom. The third-order valence-electron chi connectivity index (χ3n) is 3.78. The highest BCUT2D eigenvalue weighted by Gasteiger charge is 2.21. The van der Waals surface area contributed by atoms with Crippen LogP contribution in [0.15, 0.2) is 24.3 Å². The first-order valence-corrected chi connectivity index (χ1v) is 6.72. The predicted molar refractivity (Wildman–Crippen MR) is 73.2 cm³/mol. The van der Waals surface area contributed by atoms with Crippen molar-refractivity contribution in [3.8, 4) is 0 Å². The van der Waals surface area contributed by atoms with Crippen LogP contribution in [0.5, 0.6) is 0 Å². The van der Waals surface area contributed by atoms with Gasteiger partial charge in [0, 0.05) is 13.1 Å². The van der Waals surface area contributed by atoms with E-state index in [-0.39, 0.29) is 5.91 Å². The molecule has 1 heterocycles. The molecule has 1 fully saturated rings. The lowest BCUT2D eigenvalue weighted by molar-refractivity contribution is -0.131. The van der Waals surface area contributed by atoms with E-state index in [0.29, 0.717) is 12.3 Å². The van der Waals surface area contributed by atoms with Crippen LogP contribution in [0, 0.1) is 12.8 Å². The van der Waals surface area contributed by atoms with Crippen LogP contribution >= 0.6 is 0 Å². The van der Waals surface area contributed by atoms with Crippen molar-refractivity contribution in [3.63, 3.8) is 0 Å². The number of piperidine rings is 1. The third-order valence-corrected chi connectivity index (χ3v) is 3.78. The summed E-state index contributed by atoms with van der Waals surface area (Å²) in [5, 5.41) is 0. The summed E-state index contributed by atoms with van der Waals surface area (Å²) in [5.41, 5.74) is 7.99. The fourth-order valence-electron chi connectivity index (χ4n) is 2.41. The molecule has 0 atom stereocenters. The van der Waals surface area contributed by atoms with Gasteiger partial charge in [-0.15, -0.1) is 0 Å². The number of carbonyl (C=O) groups is 1. The number of benzene rings is 1. The van der Waals surface area contributed by atoms with Crippen molar-refractivity contribution in [1.29, 1.82) is 0 Å². The van der Waals surface area contributed by atoms with Crippen molar-refractivity contribution in [2.45, 2.75) is 26.2 Å². The molecule has 2 rings (SSSR count). The predicted octanol–water partition coefficient (Wildman–Crippen LogP) is 1.73. The van der Waals surface area contributed by atoms with Crippen LogP contribution in [0.2, 0.25) is 0 Å². The van der Waals surface area contributed by atoms with E-state index in [1.807, 2.05) is 17.0 Å². The lowest BCUT2D eigenvalue weighted by atomic mass is 9.96. The number of amides is 1. The van der Waals surface area contributed by atoms with Gasteiger partial charge in [0.25, 0.3) is 0 Å². The van der Waals surface area contributed by atoms with Crippen molar-refractivity contribution in [2.24, 2.45) is 11.7 Å². The molecule has 0 unspecified atom stereocenters. The zero-order valence-corrected chi connectivity index (χ0v) is 11.1. The second-order valence-corrected chi connectivity index (χ2v) is 5.22. The highest BCUT2D eigenvalue weighted by Crippen LogP contribution is 2.17. The topological polar surface area (TPSA) is 46.3 Å². The maximum Gasteiger partial charge on any atom is 0.226 e. The molecular weight excluding hydrogens is 224 g/mol. The van der Waals surface area contributed by atoms with E-state index in [1.165, 1.54) is 5.56 Å². The Morgan fingerprint density at radius 1 is 1.28 bits per heavy atom. The quantitative estimate of drug-likeness (QED) is 0.883. The normalized spacial score (nSPS) is 16.9. The highest BCUT2D eigenvalue weighted by atomic mass is 16.2. The van der Waals surface area contributed by atoms with Gasteiger partial charge in [-0.1, -0.05) is 29.8 Å². The number of hydrogen-bond acceptors (Lipinski definition) is 2. The van der Waals surface area contributed by atoms with Gasteiger partial charge in [-0.2, -0.15) is 0 Å². The van der Waals surface area contributed by atoms with E-state index >= 15 is 0 Å². The van der Waals surface area contributed by atoms with Gasteiger partial charge in [-0.05, 0) is 37.8 Å². The Bertz CT molecular complexity index is 391. The minimum Gasteiger partial charge on any atom is -0.342 e. The van der Waals surface area contributed by atoms with Crippen molar-refractivity contribution in [2.75, 3.05) is 19.6 Å². The van der Waals surface area contributed by atoms with Gasteiger partial charge in [-0.3, -0.25) is 4.79 Å². The Hall–Kier alpha value is -1.35. The number of aryl methyl sites for hydroxylation is 1. The molecule has 0 aliphatic carbocycles. The van der Waals surface area contributed by atoms with Crippen LogP contribution < -0.4 is 5.73 Å². The van der Waals surface area contributed by atoms with Gasteiger partial charge in [0.15, 0.2) is 0 Å². The molecule has 3 nitrogen and oxygen atoms in total. The van der Waals surface area contributed by atoms with Gasteiger partial charge in [0.2, 0.25) is 5.91 Å². The molecule has 0 radical (unpaired) electrons. The summed E-state index contributed by atoms with van der Waals surface area (Å²) in [5.74, 6) is 0.850. The smallest absolute Gasteiger partial charge is 0.226 e. The molecule has 0 bridgehead atoms. The van der Waals surface area contributed by atoms with Crippen molar-refractivity contribution < 1.29 is 4.79 Å². The largest absolute Gasteiger partial charge is 0.342 e. The van der Waals surface area contributed by atoms with E-state index in [1.54, 1.807) is 0 Å². The Morgan fingerprint density at radius 3 is 2.44 bits per heavy atom. The summed E-state index contributed by atoms with van der Waals surface area (Å²) in [6, 6.07) is 8.20. The van der Waals surface area contributed by atoms with Gasteiger partial charge in [0.05, 0.1) is 6.42 Å². The van der Waals surface area contributed by atoms with Crippen LogP contribution in [0.1, 0.15) is 24.0 Å². The molecule has 1 aliphatic rings. The van der Waals surface area contributed by atoms with Gasteiger partial charge >= 0.3 is 0 Å². The van der Waals surface area contributed by atoms with E-state index in [4.69, 9.17) is 5.73 Å². The van der Waals surface area contributed by atoms with E-state index in [9.17, 15) is 4.79 Å². The molecule has 18 heavy (non-hydrogen) atoms. The van der Waals surface area contributed by atoms with Gasteiger partial charge < -0.3 is 10.6 Å². The number of rotatable bonds is 3. The summed E-state index contributed by atoms with van der Waals surface area (Å²) < 4.78 is 0. The zero-order chi connectivity index (χ0) is 13.0. The molecular formula is C15H22N2O. The first-order valence-electron chi connectivity index (χ1n) is 6.72. The Kier molecular flexibility index (Phi) is 4.37. The molecule has 1 aromatic carbocycles. The summed E-state index contributed by atoms with van der Waals surface area (Å²) in [6.45, 7) is 4.54. The minimum absolute atomic E-state index is 0.245. The summed E-state index contributed by atoms with van der Waals surface area (Å²) >= 11 is 0. The highest BCUT2D eigenvalue weighted by molar-refractivity contribution is 5.78. The first kappa shape index (κ1) is 13.1. The first-order chi connectivity index (χ1) is 8.69. The fraction of sp³-hybridized carbons (Fsp3) is 0.533. The number of carbonyl (C=O) groups excluding carboxylic acids is 1. The monoisotopic (exact) mass is 246 g/mol. The second kappa shape index (κ2) is 6.01. The summed E-state index contributed by atoms with van der Waals surface area (Å²) in [7, 11) is 0. The minimum atomic E-state index is 0.245. The van der Waals surface area contributed by atoms with Crippen LogP contribution in [0.25, 0.3) is 0 Å². The van der Waals surface area contributed by atoms with E-state index in [2.05, 4.69) is 19.1 Å². The number of hydrogen-bond donors (Lipinski definition) is 1. The van der Waals surface area contributed by atoms with Gasteiger partial charge in [0.1, 0.15) is 0 Å². The van der Waals surface area contributed by atoms with Crippen LogP contribution in [-0.2, 0) is 11.2 Å². The molecule has 0 spiro atoms. The average Bonchev–Trinajstić information content (AvgIpc) is 2.41. The zero-order valence-electron chi connectivity index (χ0n) is 11.1. The molecule has 1 aliphatic heterocycles. The Labute approximate surface area is 109 Å². The molecule has 1 saturated heterocycles. The number of nitrogens with two attached hydrogens (primary N) is 1. The van der Waals surface area contributed by atoms with Crippen molar-refractivity contribution >= 4 is 5.91 Å². The van der Waals surface area contributed by atoms with Crippen molar-refractivity contribution in [3.05, 3.63) is 35.4 Å². The molecule has 1 aromatic rings. The SMILES string of the molecule is Cc1ccc(CC(=O)N2CCC(CN)CC2)cc1. The lowest BCUT2D eigenvalue weighted by Gasteiger charge is -2.31. The standard InChI is InChI=1S/C15H22N2O/c1-12-2-4-13(5-3-12)10-15(18)17-8-6-14(11-16)7-9-17/h2-5,14H,6-11,16H2,1H3. The van der Waals surface area contributed by atoms with Crippen molar-refractivity contribution in [1.82, 2.24) is 4.90 Å². The molecule has 2 N–H and O–H groups in total. The molecule has 1 amide bonds. The maximum atomic E-state index is 12.1.